The average molecular weight is 339 g/mol. The fourth-order valence-corrected chi connectivity index (χ4v) is 3.01. The van der Waals surface area contributed by atoms with Crippen molar-refractivity contribution in [3.05, 3.63) is 54.2 Å². The Balaban J connectivity index is 1.37. The standard InChI is InChI=1S/C20H25N3O2/c1-17-7-2-3-8-18(17)25-16-6-10-20(24)23-14-12-22(13-15-23)19-9-4-5-11-21-19/h2-5,7-9,11H,6,10,12-16H2,1H3. The summed E-state index contributed by atoms with van der Waals surface area (Å²) in [5, 5.41) is 0. The highest BCUT2D eigenvalue weighted by Gasteiger charge is 2.21. The Labute approximate surface area is 149 Å². The van der Waals surface area contributed by atoms with E-state index in [1.165, 1.54) is 0 Å². The molecule has 2 heterocycles. The first-order valence-electron chi connectivity index (χ1n) is 8.86. The van der Waals surface area contributed by atoms with Gasteiger partial charge in [0.25, 0.3) is 0 Å². The van der Waals surface area contributed by atoms with Gasteiger partial charge in [0.2, 0.25) is 5.91 Å². The van der Waals surface area contributed by atoms with E-state index >= 15 is 0 Å². The fourth-order valence-electron chi connectivity index (χ4n) is 3.01. The van der Waals surface area contributed by atoms with Gasteiger partial charge in [-0.25, -0.2) is 4.98 Å². The molecule has 0 N–H and O–H groups in total. The lowest BCUT2D eigenvalue weighted by Gasteiger charge is -2.35. The number of pyridine rings is 1. The van der Waals surface area contributed by atoms with Crippen LogP contribution in [0.15, 0.2) is 48.7 Å². The van der Waals surface area contributed by atoms with Crippen LogP contribution < -0.4 is 9.64 Å². The van der Waals surface area contributed by atoms with E-state index in [-0.39, 0.29) is 5.91 Å². The van der Waals surface area contributed by atoms with Crippen LogP contribution in [0.2, 0.25) is 0 Å². The number of hydrogen-bond donors (Lipinski definition) is 0. The van der Waals surface area contributed by atoms with Crippen molar-refractivity contribution in [1.82, 2.24) is 9.88 Å². The van der Waals surface area contributed by atoms with Gasteiger partial charge in [-0.05, 0) is 37.1 Å². The van der Waals surface area contributed by atoms with Crippen LogP contribution in [-0.2, 0) is 4.79 Å². The van der Waals surface area contributed by atoms with Crippen LogP contribution in [0.1, 0.15) is 18.4 Å². The molecule has 2 aromatic rings. The van der Waals surface area contributed by atoms with E-state index in [4.69, 9.17) is 4.74 Å². The average Bonchev–Trinajstić information content (AvgIpc) is 2.67. The monoisotopic (exact) mass is 339 g/mol. The molecule has 5 nitrogen and oxygen atoms in total. The van der Waals surface area contributed by atoms with E-state index in [0.29, 0.717) is 13.0 Å². The van der Waals surface area contributed by atoms with Gasteiger partial charge in [0.05, 0.1) is 6.61 Å². The minimum atomic E-state index is 0.217. The smallest absolute Gasteiger partial charge is 0.222 e. The van der Waals surface area contributed by atoms with Gasteiger partial charge < -0.3 is 14.5 Å². The van der Waals surface area contributed by atoms with Crippen LogP contribution in [-0.4, -0.2) is 48.6 Å². The molecule has 1 aromatic heterocycles. The van der Waals surface area contributed by atoms with Crippen molar-refractivity contribution in [3.8, 4) is 5.75 Å². The zero-order valence-corrected chi connectivity index (χ0v) is 14.7. The van der Waals surface area contributed by atoms with Crippen LogP contribution >= 0.6 is 0 Å². The molecule has 1 aliphatic rings. The lowest BCUT2D eigenvalue weighted by atomic mass is 10.2. The second-order valence-corrected chi connectivity index (χ2v) is 6.27. The van der Waals surface area contributed by atoms with E-state index in [1.54, 1.807) is 6.20 Å². The van der Waals surface area contributed by atoms with Gasteiger partial charge in [0.15, 0.2) is 0 Å². The minimum Gasteiger partial charge on any atom is -0.493 e. The molecule has 0 atom stereocenters. The molecule has 25 heavy (non-hydrogen) atoms. The molecule has 0 bridgehead atoms. The van der Waals surface area contributed by atoms with Gasteiger partial charge in [-0.1, -0.05) is 24.3 Å². The third-order valence-corrected chi connectivity index (χ3v) is 4.49. The normalized spacial score (nSPS) is 14.4. The van der Waals surface area contributed by atoms with Crippen molar-refractivity contribution in [1.29, 1.82) is 0 Å². The molecule has 0 radical (unpaired) electrons. The Hall–Kier alpha value is -2.56. The topological polar surface area (TPSA) is 45.7 Å². The number of anilines is 1. The van der Waals surface area contributed by atoms with E-state index in [0.717, 1.165) is 49.7 Å². The summed E-state index contributed by atoms with van der Waals surface area (Å²) in [4.78, 5) is 20.9. The molecule has 0 unspecified atom stereocenters. The molecule has 0 saturated carbocycles. The van der Waals surface area contributed by atoms with Gasteiger partial charge >= 0.3 is 0 Å². The summed E-state index contributed by atoms with van der Waals surface area (Å²) in [5.74, 6) is 2.11. The quantitative estimate of drug-likeness (QED) is 0.759. The van der Waals surface area contributed by atoms with E-state index in [9.17, 15) is 4.79 Å². The number of aromatic nitrogens is 1. The zero-order valence-electron chi connectivity index (χ0n) is 14.7. The van der Waals surface area contributed by atoms with Crippen molar-refractivity contribution in [2.75, 3.05) is 37.7 Å². The minimum absolute atomic E-state index is 0.217. The zero-order chi connectivity index (χ0) is 17.5. The van der Waals surface area contributed by atoms with Crippen molar-refractivity contribution in [2.24, 2.45) is 0 Å². The number of para-hydroxylation sites is 1. The SMILES string of the molecule is Cc1ccccc1OCCCC(=O)N1CCN(c2ccccn2)CC1. The highest BCUT2D eigenvalue weighted by atomic mass is 16.5. The lowest BCUT2D eigenvalue weighted by Crippen LogP contribution is -2.49. The Morgan fingerprint density at radius 1 is 1.08 bits per heavy atom. The second-order valence-electron chi connectivity index (χ2n) is 6.27. The molecule has 1 saturated heterocycles. The lowest BCUT2D eigenvalue weighted by molar-refractivity contribution is -0.131. The van der Waals surface area contributed by atoms with E-state index in [2.05, 4.69) is 9.88 Å². The fraction of sp³-hybridized carbons (Fsp3) is 0.400. The van der Waals surface area contributed by atoms with E-state index in [1.807, 2.05) is 54.3 Å². The number of nitrogens with zero attached hydrogens (tertiary/aromatic N) is 3. The van der Waals surface area contributed by atoms with Crippen molar-refractivity contribution in [2.45, 2.75) is 19.8 Å². The number of hydrogen-bond acceptors (Lipinski definition) is 4. The first-order chi connectivity index (χ1) is 12.2. The Morgan fingerprint density at radius 3 is 2.56 bits per heavy atom. The molecule has 1 amide bonds. The summed E-state index contributed by atoms with van der Waals surface area (Å²) < 4.78 is 5.76. The molecule has 5 heteroatoms. The van der Waals surface area contributed by atoms with Gasteiger partial charge in [0, 0.05) is 38.8 Å². The van der Waals surface area contributed by atoms with Crippen LogP contribution in [0.25, 0.3) is 0 Å². The predicted octanol–water partition coefficient (Wildman–Crippen LogP) is 2.90. The van der Waals surface area contributed by atoms with E-state index < -0.39 is 0 Å². The van der Waals surface area contributed by atoms with Gasteiger partial charge in [-0.15, -0.1) is 0 Å². The van der Waals surface area contributed by atoms with Crippen molar-refractivity contribution >= 4 is 11.7 Å². The third-order valence-electron chi connectivity index (χ3n) is 4.49. The molecule has 1 fully saturated rings. The predicted molar refractivity (Wildman–Crippen MR) is 98.9 cm³/mol. The molecule has 1 aromatic carbocycles. The summed E-state index contributed by atoms with van der Waals surface area (Å²) in [5.41, 5.74) is 1.12. The van der Waals surface area contributed by atoms with Crippen LogP contribution in [0.3, 0.4) is 0 Å². The van der Waals surface area contributed by atoms with Crippen molar-refractivity contribution in [3.63, 3.8) is 0 Å². The molecular formula is C20H25N3O2. The first kappa shape index (κ1) is 17.3. The number of carbonyl (C=O) groups excluding carboxylic acids is 1. The highest BCUT2D eigenvalue weighted by Crippen LogP contribution is 2.17. The molecule has 132 valence electrons. The summed E-state index contributed by atoms with van der Waals surface area (Å²) in [6.45, 7) is 5.79. The van der Waals surface area contributed by atoms with Gasteiger partial charge in [-0.3, -0.25) is 4.79 Å². The Morgan fingerprint density at radius 2 is 1.84 bits per heavy atom. The maximum Gasteiger partial charge on any atom is 0.222 e. The largest absolute Gasteiger partial charge is 0.493 e. The summed E-state index contributed by atoms with van der Waals surface area (Å²) in [7, 11) is 0. The number of ether oxygens (including phenoxy) is 1. The third kappa shape index (κ3) is 4.72. The Kier molecular flexibility index (Phi) is 5.88. The summed E-state index contributed by atoms with van der Waals surface area (Å²) in [6, 6.07) is 13.9. The van der Waals surface area contributed by atoms with Crippen molar-refractivity contribution < 1.29 is 9.53 Å². The highest BCUT2D eigenvalue weighted by molar-refractivity contribution is 5.76. The van der Waals surface area contributed by atoms with Crippen LogP contribution in [0.5, 0.6) is 5.75 Å². The molecule has 1 aliphatic heterocycles. The number of rotatable bonds is 6. The number of benzene rings is 1. The first-order valence-corrected chi connectivity index (χ1v) is 8.86. The summed E-state index contributed by atoms with van der Waals surface area (Å²) >= 11 is 0. The van der Waals surface area contributed by atoms with Gasteiger partial charge in [0.1, 0.15) is 11.6 Å². The van der Waals surface area contributed by atoms with Gasteiger partial charge in [-0.2, -0.15) is 0 Å². The second kappa shape index (κ2) is 8.51. The maximum atomic E-state index is 12.4. The Bertz CT molecular complexity index is 682. The van der Waals surface area contributed by atoms with Crippen LogP contribution in [0.4, 0.5) is 5.82 Å². The number of amides is 1. The summed E-state index contributed by atoms with van der Waals surface area (Å²) in [6.07, 6.45) is 3.09. The number of piperazine rings is 1. The van der Waals surface area contributed by atoms with Crippen LogP contribution in [0, 0.1) is 6.92 Å². The number of aryl methyl sites for hydroxylation is 1. The maximum absolute atomic E-state index is 12.4. The molecule has 0 aliphatic carbocycles. The molecule has 0 spiro atoms. The molecular weight excluding hydrogens is 314 g/mol. The molecule has 3 rings (SSSR count). The number of carbonyl (C=O) groups is 1.